The van der Waals surface area contributed by atoms with Gasteiger partial charge < -0.3 is 20.1 Å². The molecule has 0 amide bonds. The SMILES string of the molecule is CC/C=C\C/C=C\C/C=C\C/C=C\C/C=C\CCCCCCCCCCCCCCCCCCCC(=O)OC(COC(=O)CCCCCCCCCCCCCCCCCCCCCC/C=C\C/C=C\C/C=C\C/C=C\CC)COP(=O)(O)OCCN. The lowest BCUT2D eigenvalue weighted by molar-refractivity contribution is -0.161. The molecule has 0 bridgehead atoms. The van der Waals surface area contributed by atoms with E-state index in [9.17, 15) is 19.0 Å². The van der Waals surface area contributed by atoms with E-state index in [1.807, 2.05) is 0 Å². The van der Waals surface area contributed by atoms with E-state index in [0.29, 0.717) is 6.42 Å². The van der Waals surface area contributed by atoms with Crippen LogP contribution in [0.5, 0.6) is 0 Å². The Labute approximate surface area is 537 Å². The smallest absolute Gasteiger partial charge is 0.462 e. The molecule has 0 aromatic rings. The van der Waals surface area contributed by atoms with Crippen LogP contribution in [0.3, 0.4) is 0 Å². The highest BCUT2D eigenvalue weighted by molar-refractivity contribution is 7.47. The standard InChI is InChI=1S/C77H136NO8P/c1-3-5-7-9-11-13-15-17-19-21-23-25-27-29-31-33-35-37-39-41-43-45-47-49-51-53-55-57-59-61-63-65-67-69-76(79)83-73-75(74-85-87(81,82)84-72-71-78)86-77(80)70-68-66-64-62-60-58-56-54-52-50-48-46-44-42-40-38-36-34-32-30-28-26-24-22-20-18-16-14-12-10-8-6-4-2/h5-8,11-14,17-20,23-26,30,32,75H,3-4,9-10,15-16,21-22,27-29,31,33-74,78H2,1-2H3,(H,81,82)/b7-5-,8-6-,13-11-,14-12-,19-17-,20-18-,25-23-,26-24-,32-30-. The van der Waals surface area contributed by atoms with Crippen molar-refractivity contribution in [1.29, 1.82) is 0 Å². The van der Waals surface area contributed by atoms with Crippen LogP contribution in [0.25, 0.3) is 0 Å². The number of hydrogen-bond donors (Lipinski definition) is 2. The molecule has 0 aromatic heterocycles. The van der Waals surface area contributed by atoms with Crippen LogP contribution in [-0.2, 0) is 32.7 Å². The number of phosphoric ester groups is 1. The van der Waals surface area contributed by atoms with Gasteiger partial charge in [-0.05, 0) is 96.3 Å². The van der Waals surface area contributed by atoms with Crippen molar-refractivity contribution in [2.45, 2.75) is 341 Å². The molecule has 0 spiro atoms. The molecule has 0 saturated carbocycles. The largest absolute Gasteiger partial charge is 0.472 e. The maximum atomic E-state index is 12.8. The number of esters is 2. The first-order chi connectivity index (χ1) is 42.8. The van der Waals surface area contributed by atoms with E-state index in [1.165, 1.54) is 205 Å². The summed E-state index contributed by atoms with van der Waals surface area (Å²) < 4.78 is 33.2. The number of nitrogens with two attached hydrogens (primary N) is 1. The number of rotatable bonds is 68. The van der Waals surface area contributed by atoms with Crippen LogP contribution < -0.4 is 5.73 Å². The molecule has 0 aliphatic heterocycles. The number of phosphoric acid groups is 1. The van der Waals surface area contributed by atoms with Gasteiger partial charge in [0.15, 0.2) is 6.10 Å². The zero-order valence-corrected chi connectivity index (χ0v) is 57.4. The number of hydrogen-bond acceptors (Lipinski definition) is 8. The van der Waals surface area contributed by atoms with Crippen LogP contribution in [0.1, 0.15) is 335 Å². The molecule has 9 nitrogen and oxygen atoms in total. The van der Waals surface area contributed by atoms with E-state index < -0.39 is 26.5 Å². The summed E-state index contributed by atoms with van der Waals surface area (Å²) in [7, 11) is -4.40. The molecule has 502 valence electrons. The molecule has 0 aliphatic carbocycles. The van der Waals surface area contributed by atoms with Crippen molar-refractivity contribution >= 4 is 19.8 Å². The molecule has 2 atom stereocenters. The molecular formula is C77H136NO8P. The fraction of sp³-hybridized carbons (Fsp3) is 0.740. The molecule has 0 rings (SSSR count). The van der Waals surface area contributed by atoms with Gasteiger partial charge in [-0.1, -0.05) is 335 Å². The van der Waals surface area contributed by atoms with Gasteiger partial charge in [0.25, 0.3) is 0 Å². The molecule has 0 saturated heterocycles. The first kappa shape index (κ1) is 83.7. The zero-order valence-electron chi connectivity index (χ0n) is 56.5. The van der Waals surface area contributed by atoms with Crippen LogP contribution >= 0.6 is 7.82 Å². The molecule has 0 aliphatic rings. The zero-order chi connectivity index (χ0) is 63.0. The third-order valence-electron chi connectivity index (χ3n) is 15.7. The Morgan fingerprint density at radius 3 is 0.885 bits per heavy atom. The van der Waals surface area contributed by atoms with Gasteiger partial charge >= 0.3 is 19.8 Å². The minimum Gasteiger partial charge on any atom is -0.462 e. The number of allylic oxidation sites excluding steroid dienone is 18. The van der Waals surface area contributed by atoms with Crippen molar-refractivity contribution in [3.05, 3.63) is 109 Å². The summed E-state index contributed by atoms with van der Waals surface area (Å²) in [4.78, 5) is 35.4. The quantitative estimate of drug-likeness (QED) is 0.0264. The number of carbonyl (C=O) groups excluding carboxylic acids is 2. The van der Waals surface area contributed by atoms with Crippen LogP contribution in [0.4, 0.5) is 0 Å². The average molecular weight is 1230 g/mol. The van der Waals surface area contributed by atoms with Crippen molar-refractivity contribution in [3.8, 4) is 0 Å². The Kier molecular flexibility index (Phi) is 69.0. The van der Waals surface area contributed by atoms with E-state index >= 15 is 0 Å². The molecule has 2 unspecified atom stereocenters. The maximum Gasteiger partial charge on any atom is 0.472 e. The lowest BCUT2D eigenvalue weighted by atomic mass is 10.0. The number of carbonyl (C=O) groups is 2. The molecule has 87 heavy (non-hydrogen) atoms. The van der Waals surface area contributed by atoms with E-state index in [4.69, 9.17) is 24.3 Å². The first-order valence-electron chi connectivity index (χ1n) is 36.4. The second kappa shape index (κ2) is 71.7. The monoisotopic (exact) mass is 1230 g/mol. The van der Waals surface area contributed by atoms with Gasteiger partial charge in [-0.25, -0.2) is 4.57 Å². The summed E-state index contributed by atoms with van der Waals surface area (Å²) in [6.07, 6.45) is 99.1. The Balaban J connectivity index is 3.83. The number of unbranched alkanes of at least 4 members (excludes halogenated alkanes) is 37. The van der Waals surface area contributed by atoms with E-state index in [0.717, 1.165) is 96.3 Å². The third-order valence-corrected chi connectivity index (χ3v) is 16.6. The van der Waals surface area contributed by atoms with Gasteiger partial charge in [-0.2, -0.15) is 0 Å². The fourth-order valence-corrected chi connectivity index (χ4v) is 11.1. The van der Waals surface area contributed by atoms with Gasteiger partial charge in [-0.15, -0.1) is 0 Å². The Bertz CT molecular complexity index is 1800. The second-order valence-corrected chi connectivity index (χ2v) is 25.5. The van der Waals surface area contributed by atoms with Crippen LogP contribution in [0.2, 0.25) is 0 Å². The van der Waals surface area contributed by atoms with E-state index in [1.54, 1.807) is 0 Å². The fourth-order valence-electron chi connectivity index (χ4n) is 10.4. The summed E-state index contributed by atoms with van der Waals surface area (Å²) in [6, 6.07) is 0. The molecular weight excluding hydrogens is 1100 g/mol. The summed E-state index contributed by atoms with van der Waals surface area (Å²) in [5.74, 6) is -0.815. The predicted molar refractivity (Wildman–Crippen MR) is 376 cm³/mol. The van der Waals surface area contributed by atoms with Crippen LogP contribution in [0, 0.1) is 0 Å². The lowest BCUT2D eigenvalue weighted by Gasteiger charge is -2.19. The van der Waals surface area contributed by atoms with E-state index in [-0.39, 0.29) is 38.6 Å². The minimum atomic E-state index is -4.40. The molecule has 10 heteroatoms. The molecule has 0 heterocycles. The maximum absolute atomic E-state index is 12.8. The highest BCUT2D eigenvalue weighted by atomic mass is 31.2. The highest BCUT2D eigenvalue weighted by Gasteiger charge is 2.26. The minimum absolute atomic E-state index is 0.0520. The predicted octanol–water partition coefficient (Wildman–Crippen LogP) is 24.1. The van der Waals surface area contributed by atoms with Gasteiger partial charge in [0.1, 0.15) is 6.61 Å². The van der Waals surface area contributed by atoms with Gasteiger partial charge in [-0.3, -0.25) is 18.6 Å². The van der Waals surface area contributed by atoms with Gasteiger partial charge in [0.2, 0.25) is 0 Å². The van der Waals surface area contributed by atoms with Gasteiger partial charge in [0.05, 0.1) is 13.2 Å². The average Bonchev–Trinajstić information content (AvgIpc) is 3.64. The summed E-state index contributed by atoms with van der Waals surface area (Å²) in [5, 5.41) is 0. The first-order valence-corrected chi connectivity index (χ1v) is 37.9. The topological polar surface area (TPSA) is 134 Å². The van der Waals surface area contributed by atoms with Crippen molar-refractivity contribution in [2.75, 3.05) is 26.4 Å². The molecule has 3 N–H and O–H groups in total. The summed E-state index contributed by atoms with van der Waals surface area (Å²) in [6.45, 7) is 3.56. The van der Waals surface area contributed by atoms with Crippen molar-refractivity contribution < 1.29 is 37.6 Å². The molecule has 0 radical (unpaired) electrons. The normalized spacial score (nSPS) is 13.6. The van der Waals surface area contributed by atoms with Crippen molar-refractivity contribution in [2.24, 2.45) is 5.73 Å². The van der Waals surface area contributed by atoms with Gasteiger partial charge in [0, 0.05) is 19.4 Å². The molecule has 0 aromatic carbocycles. The Morgan fingerprint density at radius 2 is 0.598 bits per heavy atom. The van der Waals surface area contributed by atoms with Crippen LogP contribution in [-0.4, -0.2) is 49.3 Å². The Hall–Kier alpha value is -3.33. The summed E-state index contributed by atoms with van der Waals surface area (Å²) in [5.41, 5.74) is 5.41. The van der Waals surface area contributed by atoms with Crippen molar-refractivity contribution in [1.82, 2.24) is 0 Å². The Morgan fingerprint density at radius 1 is 0.345 bits per heavy atom. The number of ether oxygens (including phenoxy) is 2. The molecule has 0 fully saturated rings. The highest BCUT2D eigenvalue weighted by Crippen LogP contribution is 2.43. The van der Waals surface area contributed by atoms with E-state index in [2.05, 4.69) is 123 Å². The van der Waals surface area contributed by atoms with Crippen LogP contribution in [0.15, 0.2) is 109 Å². The second-order valence-electron chi connectivity index (χ2n) is 24.0. The third kappa shape index (κ3) is 71.6. The van der Waals surface area contributed by atoms with Crippen molar-refractivity contribution in [3.63, 3.8) is 0 Å². The lowest BCUT2D eigenvalue weighted by Crippen LogP contribution is -2.29. The summed E-state index contributed by atoms with van der Waals surface area (Å²) >= 11 is 0.